The summed E-state index contributed by atoms with van der Waals surface area (Å²) in [5.41, 5.74) is -0.935. The van der Waals surface area contributed by atoms with Gasteiger partial charge in [-0.25, -0.2) is 4.98 Å². The highest BCUT2D eigenvalue weighted by atomic mass is 19.4. The van der Waals surface area contributed by atoms with Crippen LogP contribution in [0.25, 0.3) is 0 Å². The normalized spacial score (nSPS) is 22.5. The predicted octanol–water partition coefficient (Wildman–Crippen LogP) is 1.58. The van der Waals surface area contributed by atoms with E-state index in [-0.39, 0.29) is 30.9 Å². The lowest BCUT2D eigenvalue weighted by atomic mass is 10.2. The first-order valence-corrected chi connectivity index (χ1v) is 7.14. The van der Waals surface area contributed by atoms with Gasteiger partial charge in [0.1, 0.15) is 11.5 Å². The van der Waals surface area contributed by atoms with Gasteiger partial charge in [0.05, 0.1) is 13.2 Å². The van der Waals surface area contributed by atoms with E-state index >= 15 is 0 Å². The zero-order chi connectivity index (χ0) is 15.7. The molecule has 1 amide bonds. The molecule has 5 nitrogen and oxygen atoms in total. The topological polar surface area (TPSA) is 54.5 Å². The number of nitrogens with one attached hydrogen (secondary N) is 1. The molecule has 120 valence electrons. The van der Waals surface area contributed by atoms with Crippen LogP contribution in [0.5, 0.6) is 0 Å². The molecule has 2 heterocycles. The number of nitrogens with zero attached hydrogens (tertiary/aromatic N) is 2. The van der Waals surface area contributed by atoms with Gasteiger partial charge in [0, 0.05) is 12.6 Å². The lowest BCUT2D eigenvalue weighted by Gasteiger charge is -2.33. The quantitative estimate of drug-likeness (QED) is 0.920. The van der Waals surface area contributed by atoms with Gasteiger partial charge in [0.15, 0.2) is 6.10 Å². The average molecular weight is 315 g/mol. The fourth-order valence-corrected chi connectivity index (χ4v) is 2.30. The maximum absolute atomic E-state index is 12.7. The number of carbonyl (C=O) groups excluding carboxylic acids is 1. The molecule has 0 bridgehead atoms. The van der Waals surface area contributed by atoms with E-state index in [2.05, 4.69) is 10.3 Å². The summed E-state index contributed by atoms with van der Waals surface area (Å²) < 4.78 is 43.6. The molecule has 8 heteroatoms. The summed E-state index contributed by atoms with van der Waals surface area (Å²) in [6, 6.07) is 3.98. The molecule has 2 fully saturated rings. The number of rotatable bonds is 3. The van der Waals surface area contributed by atoms with Crippen LogP contribution in [0.3, 0.4) is 0 Å². The Kier molecular flexibility index (Phi) is 3.94. The van der Waals surface area contributed by atoms with Gasteiger partial charge in [-0.15, -0.1) is 0 Å². The second-order valence-electron chi connectivity index (χ2n) is 5.47. The minimum atomic E-state index is -4.48. The van der Waals surface area contributed by atoms with Gasteiger partial charge in [-0.3, -0.25) is 4.79 Å². The number of hydrogen-bond acceptors (Lipinski definition) is 4. The summed E-state index contributed by atoms with van der Waals surface area (Å²) >= 11 is 0. The van der Waals surface area contributed by atoms with Crippen molar-refractivity contribution in [2.75, 3.05) is 24.6 Å². The van der Waals surface area contributed by atoms with Crippen LogP contribution < -0.4 is 10.2 Å². The monoisotopic (exact) mass is 315 g/mol. The molecule has 1 aliphatic carbocycles. The molecule has 1 atom stereocenters. The second kappa shape index (κ2) is 5.75. The summed E-state index contributed by atoms with van der Waals surface area (Å²) in [6.45, 7) is 0.884. The van der Waals surface area contributed by atoms with Gasteiger partial charge in [0.25, 0.3) is 5.91 Å². The molecular weight excluding hydrogens is 299 g/mol. The number of carbonyl (C=O) groups is 1. The molecule has 1 saturated carbocycles. The Morgan fingerprint density at radius 3 is 2.82 bits per heavy atom. The van der Waals surface area contributed by atoms with E-state index < -0.39 is 18.0 Å². The van der Waals surface area contributed by atoms with Crippen LogP contribution in [0.15, 0.2) is 18.2 Å². The second-order valence-corrected chi connectivity index (χ2v) is 5.47. The number of morpholine rings is 1. The summed E-state index contributed by atoms with van der Waals surface area (Å²) in [6.07, 6.45) is -3.22. The summed E-state index contributed by atoms with van der Waals surface area (Å²) in [5.74, 6) is 0.00141. The van der Waals surface area contributed by atoms with Crippen LogP contribution in [0.4, 0.5) is 19.0 Å². The maximum atomic E-state index is 12.7. The molecule has 0 radical (unpaired) electrons. The molecule has 22 heavy (non-hydrogen) atoms. The van der Waals surface area contributed by atoms with Crippen molar-refractivity contribution >= 4 is 11.7 Å². The smallest absolute Gasteiger partial charge is 0.365 e. The fourth-order valence-electron chi connectivity index (χ4n) is 2.30. The number of aromatic nitrogens is 1. The van der Waals surface area contributed by atoms with Crippen molar-refractivity contribution in [1.29, 1.82) is 0 Å². The Labute approximate surface area is 125 Å². The van der Waals surface area contributed by atoms with Gasteiger partial charge in [0.2, 0.25) is 0 Å². The van der Waals surface area contributed by atoms with E-state index in [4.69, 9.17) is 4.74 Å². The molecule has 0 aromatic carbocycles. The third-order valence-corrected chi connectivity index (χ3v) is 3.63. The molecule has 0 spiro atoms. The highest BCUT2D eigenvalue weighted by Gasteiger charge is 2.34. The van der Waals surface area contributed by atoms with E-state index in [9.17, 15) is 18.0 Å². The first-order valence-electron chi connectivity index (χ1n) is 7.14. The van der Waals surface area contributed by atoms with Crippen molar-refractivity contribution in [2.45, 2.75) is 31.2 Å². The molecule has 1 unspecified atom stereocenters. The average Bonchev–Trinajstić information content (AvgIpc) is 3.31. The Morgan fingerprint density at radius 2 is 2.14 bits per heavy atom. The minimum Gasteiger partial charge on any atom is -0.365 e. The van der Waals surface area contributed by atoms with Crippen molar-refractivity contribution in [3.05, 3.63) is 23.9 Å². The van der Waals surface area contributed by atoms with Crippen LogP contribution in [0.2, 0.25) is 0 Å². The van der Waals surface area contributed by atoms with Crippen molar-refractivity contribution < 1.29 is 22.7 Å². The van der Waals surface area contributed by atoms with Crippen LogP contribution in [0.1, 0.15) is 18.5 Å². The predicted molar refractivity (Wildman–Crippen MR) is 72.4 cm³/mol. The molecule has 1 aromatic heterocycles. The van der Waals surface area contributed by atoms with Gasteiger partial charge in [-0.05, 0) is 25.0 Å². The Hall–Kier alpha value is -1.83. The Morgan fingerprint density at radius 1 is 1.36 bits per heavy atom. The number of ether oxygens (including phenoxy) is 1. The molecule has 1 saturated heterocycles. The number of halogens is 3. The lowest BCUT2D eigenvalue weighted by molar-refractivity contribution is -0.141. The van der Waals surface area contributed by atoms with Crippen LogP contribution >= 0.6 is 0 Å². The number of hydrogen-bond donors (Lipinski definition) is 1. The lowest BCUT2D eigenvalue weighted by Crippen LogP contribution is -2.50. The number of pyridine rings is 1. The molecule has 2 aliphatic rings. The standard InChI is InChI=1S/C14H16F3N3O2/c15-14(16,17)11-2-1-3-12(19-11)20-6-7-22-10(8-20)13(21)18-9-4-5-9/h1-3,9-10H,4-8H2,(H,18,21). The Bertz CT molecular complexity index is 561. The van der Waals surface area contributed by atoms with Crippen molar-refractivity contribution in [3.8, 4) is 0 Å². The van der Waals surface area contributed by atoms with Gasteiger partial charge < -0.3 is 15.0 Å². The molecule has 3 rings (SSSR count). The first-order chi connectivity index (χ1) is 10.4. The van der Waals surface area contributed by atoms with Gasteiger partial charge >= 0.3 is 6.18 Å². The first kappa shape index (κ1) is 15.1. The molecule has 1 aromatic rings. The zero-order valence-electron chi connectivity index (χ0n) is 11.8. The Balaban J connectivity index is 1.70. The van der Waals surface area contributed by atoms with E-state index in [0.717, 1.165) is 18.9 Å². The highest BCUT2D eigenvalue weighted by Crippen LogP contribution is 2.29. The van der Waals surface area contributed by atoms with E-state index in [0.29, 0.717) is 6.54 Å². The third-order valence-electron chi connectivity index (χ3n) is 3.63. The molecular formula is C14H16F3N3O2. The van der Waals surface area contributed by atoms with Gasteiger partial charge in [-0.2, -0.15) is 13.2 Å². The maximum Gasteiger partial charge on any atom is 0.433 e. The van der Waals surface area contributed by atoms with Crippen molar-refractivity contribution in [1.82, 2.24) is 10.3 Å². The van der Waals surface area contributed by atoms with E-state index in [1.165, 1.54) is 12.1 Å². The minimum absolute atomic E-state index is 0.201. The number of amides is 1. The van der Waals surface area contributed by atoms with Gasteiger partial charge in [-0.1, -0.05) is 6.07 Å². The molecule has 1 aliphatic heterocycles. The van der Waals surface area contributed by atoms with E-state index in [1.54, 1.807) is 4.90 Å². The third kappa shape index (κ3) is 3.49. The number of anilines is 1. The van der Waals surface area contributed by atoms with Crippen molar-refractivity contribution in [3.63, 3.8) is 0 Å². The fraction of sp³-hybridized carbons (Fsp3) is 0.571. The van der Waals surface area contributed by atoms with Crippen molar-refractivity contribution in [2.24, 2.45) is 0 Å². The zero-order valence-corrected chi connectivity index (χ0v) is 11.8. The summed E-state index contributed by atoms with van der Waals surface area (Å²) in [7, 11) is 0. The summed E-state index contributed by atoms with van der Waals surface area (Å²) in [4.78, 5) is 17.3. The van der Waals surface area contributed by atoms with Crippen LogP contribution in [-0.4, -0.2) is 42.7 Å². The SMILES string of the molecule is O=C(NC1CC1)C1CN(c2cccc(C(F)(F)F)n2)CCO1. The van der Waals surface area contributed by atoms with Crippen LogP contribution in [-0.2, 0) is 15.7 Å². The largest absolute Gasteiger partial charge is 0.433 e. The summed E-state index contributed by atoms with van der Waals surface area (Å²) in [5, 5.41) is 2.84. The number of alkyl halides is 3. The highest BCUT2D eigenvalue weighted by molar-refractivity contribution is 5.82. The van der Waals surface area contributed by atoms with E-state index in [1.807, 2.05) is 0 Å². The molecule has 1 N–H and O–H groups in total. The van der Waals surface area contributed by atoms with Crippen LogP contribution in [0, 0.1) is 0 Å².